The van der Waals surface area contributed by atoms with Crippen LogP contribution in [0.2, 0.25) is 5.02 Å². The summed E-state index contributed by atoms with van der Waals surface area (Å²) in [6.45, 7) is 8.17. The van der Waals surface area contributed by atoms with Crippen LogP contribution in [0.1, 0.15) is 11.1 Å². The molecule has 0 spiro atoms. The Balaban J connectivity index is 2.81. The lowest BCUT2D eigenvalue weighted by Gasteiger charge is -2.12. The molecule has 0 unspecified atom stereocenters. The average Bonchev–Trinajstić information content (AvgIpc) is 2.15. The molecule has 0 saturated carbocycles. The van der Waals surface area contributed by atoms with E-state index in [0.717, 1.165) is 27.5 Å². The first-order valence-corrected chi connectivity index (χ1v) is 5.58. The SMILES string of the molecule is C=C(CCl)COc1c(C)cc(Cl)cc1C. The lowest BCUT2D eigenvalue weighted by Crippen LogP contribution is -2.03. The summed E-state index contributed by atoms with van der Waals surface area (Å²) in [6.07, 6.45) is 0. The minimum Gasteiger partial charge on any atom is -0.489 e. The summed E-state index contributed by atoms with van der Waals surface area (Å²) < 4.78 is 5.63. The van der Waals surface area contributed by atoms with Gasteiger partial charge in [0.2, 0.25) is 0 Å². The molecule has 0 N–H and O–H groups in total. The minimum absolute atomic E-state index is 0.422. The molecule has 1 aromatic rings. The van der Waals surface area contributed by atoms with Crippen molar-refractivity contribution >= 4 is 23.2 Å². The zero-order valence-electron chi connectivity index (χ0n) is 8.94. The van der Waals surface area contributed by atoms with Gasteiger partial charge < -0.3 is 4.74 Å². The number of benzene rings is 1. The normalized spacial score (nSPS) is 10.1. The van der Waals surface area contributed by atoms with E-state index in [1.54, 1.807) is 0 Å². The molecule has 0 bridgehead atoms. The molecule has 0 aliphatic rings. The lowest BCUT2D eigenvalue weighted by atomic mass is 10.1. The fourth-order valence-electron chi connectivity index (χ4n) is 1.34. The van der Waals surface area contributed by atoms with Crippen LogP contribution in [0.4, 0.5) is 0 Å². The zero-order chi connectivity index (χ0) is 11.4. The summed E-state index contributed by atoms with van der Waals surface area (Å²) in [4.78, 5) is 0. The van der Waals surface area contributed by atoms with Gasteiger partial charge in [0.25, 0.3) is 0 Å². The van der Waals surface area contributed by atoms with Gasteiger partial charge in [0.05, 0.1) is 0 Å². The highest BCUT2D eigenvalue weighted by Gasteiger charge is 2.05. The smallest absolute Gasteiger partial charge is 0.125 e. The largest absolute Gasteiger partial charge is 0.489 e. The van der Waals surface area contributed by atoms with E-state index in [4.69, 9.17) is 27.9 Å². The van der Waals surface area contributed by atoms with Gasteiger partial charge in [-0.3, -0.25) is 0 Å². The standard InChI is InChI=1S/C12H14Cl2O/c1-8(6-13)7-15-12-9(2)4-11(14)5-10(12)3/h4-5H,1,6-7H2,2-3H3. The number of hydrogen-bond donors (Lipinski definition) is 0. The third-order valence-electron chi connectivity index (χ3n) is 2.03. The Morgan fingerprint density at radius 2 is 1.87 bits per heavy atom. The van der Waals surface area contributed by atoms with Crippen molar-refractivity contribution in [2.45, 2.75) is 13.8 Å². The van der Waals surface area contributed by atoms with E-state index in [1.165, 1.54) is 0 Å². The molecular weight excluding hydrogens is 231 g/mol. The molecule has 0 heterocycles. The first-order valence-electron chi connectivity index (χ1n) is 4.66. The maximum Gasteiger partial charge on any atom is 0.125 e. The van der Waals surface area contributed by atoms with Crippen LogP contribution in [0.15, 0.2) is 24.3 Å². The molecule has 0 aliphatic heterocycles. The topological polar surface area (TPSA) is 9.23 Å². The predicted octanol–water partition coefficient (Wildman–Crippen LogP) is 4.13. The zero-order valence-corrected chi connectivity index (χ0v) is 10.5. The molecule has 1 rings (SSSR count). The van der Waals surface area contributed by atoms with E-state index in [0.29, 0.717) is 12.5 Å². The van der Waals surface area contributed by atoms with Crippen LogP contribution in [0.5, 0.6) is 5.75 Å². The van der Waals surface area contributed by atoms with Crippen molar-refractivity contribution in [3.8, 4) is 5.75 Å². The summed E-state index contributed by atoms with van der Waals surface area (Å²) in [5.41, 5.74) is 2.93. The molecule has 0 radical (unpaired) electrons. The van der Waals surface area contributed by atoms with Crippen LogP contribution in [0.3, 0.4) is 0 Å². The molecule has 82 valence electrons. The maximum absolute atomic E-state index is 5.92. The number of rotatable bonds is 4. The van der Waals surface area contributed by atoms with Crippen LogP contribution in [0.25, 0.3) is 0 Å². The van der Waals surface area contributed by atoms with Crippen molar-refractivity contribution in [3.63, 3.8) is 0 Å². The summed E-state index contributed by atoms with van der Waals surface area (Å²) in [5.74, 6) is 1.29. The monoisotopic (exact) mass is 244 g/mol. The maximum atomic E-state index is 5.92. The fourth-order valence-corrected chi connectivity index (χ4v) is 1.74. The van der Waals surface area contributed by atoms with Gasteiger partial charge in [-0.05, 0) is 42.7 Å². The van der Waals surface area contributed by atoms with Crippen molar-refractivity contribution in [2.24, 2.45) is 0 Å². The molecule has 0 saturated heterocycles. The first-order chi connectivity index (χ1) is 7.04. The fraction of sp³-hybridized carbons (Fsp3) is 0.333. The molecule has 15 heavy (non-hydrogen) atoms. The Morgan fingerprint density at radius 1 is 1.33 bits per heavy atom. The summed E-state index contributed by atoms with van der Waals surface area (Å²) >= 11 is 11.5. The van der Waals surface area contributed by atoms with Gasteiger partial charge in [0.1, 0.15) is 12.4 Å². The van der Waals surface area contributed by atoms with Crippen LogP contribution in [0, 0.1) is 13.8 Å². The van der Waals surface area contributed by atoms with Crippen molar-refractivity contribution in [1.29, 1.82) is 0 Å². The predicted molar refractivity (Wildman–Crippen MR) is 66.3 cm³/mol. The van der Waals surface area contributed by atoms with Gasteiger partial charge in [-0.25, -0.2) is 0 Å². The van der Waals surface area contributed by atoms with Crippen molar-refractivity contribution in [1.82, 2.24) is 0 Å². The van der Waals surface area contributed by atoms with E-state index in [-0.39, 0.29) is 0 Å². The third kappa shape index (κ3) is 3.44. The Labute approximate surface area is 101 Å². The number of aryl methyl sites for hydroxylation is 2. The highest BCUT2D eigenvalue weighted by molar-refractivity contribution is 6.30. The summed E-state index contributed by atoms with van der Waals surface area (Å²) in [5, 5.41) is 0.730. The van der Waals surface area contributed by atoms with Crippen molar-refractivity contribution in [3.05, 3.63) is 40.4 Å². The number of hydrogen-bond acceptors (Lipinski definition) is 1. The van der Waals surface area contributed by atoms with E-state index < -0.39 is 0 Å². The number of ether oxygens (including phenoxy) is 1. The molecule has 0 fully saturated rings. The van der Waals surface area contributed by atoms with E-state index in [9.17, 15) is 0 Å². The quantitative estimate of drug-likeness (QED) is 0.572. The molecule has 0 amide bonds. The van der Waals surface area contributed by atoms with E-state index in [2.05, 4.69) is 6.58 Å². The van der Waals surface area contributed by atoms with Gasteiger partial charge in [-0.2, -0.15) is 0 Å². The molecule has 1 nitrogen and oxygen atoms in total. The van der Waals surface area contributed by atoms with Crippen LogP contribution >= 0.6 is 23.2 Å². The average molecular weight is 245 g/mol. The first kappa shape index (κ1) is 12.4. The molecule has 3 heteroatoms. The third-order valence-corrected chi connectivity index (χ3v) is 2.63. The second-order valence-electron chi connectivity index (χ2n) is 3.54. The van der Waals surface area contributed by atoms with Crippen LogP contribution in [-0.4, -0.2) is 12.5 Å². The Bertz CT molecular complexity index is 349. The summed E-state index contributed by atoms with van der Waals surface area (Å²) in [6, 6.07) is 3.76. The minimum atomic E-state index is 0.422. The second-order valence-corrected chi connectivity index (χ2v) is 4.24. The second kappa shape index (κ2) is 5.43. The van der Waals surface area contributed by atoms with Gasteiger partial charge >= 0.3 is 0 Å². The van der Waals surface area contributed by atoms with Crippen molar-refractivity contribution in [2.75, 3.05) is 12.5 Å². The molecule has 0 aliphatic carbocycles. The van der Waals surface area contributed by atoms with Crippen LogP contribution in [-0.2, 0) is 0 Å². The molecular formula is C12H14Cl2O. The Hall–Kier alpha value is -0.660. The lowest BCUT2D eigenvalue weighted by molar-refractivity contribution is 0.348. The molecule has 0 atom stereocenters. The Morgan fingerprint density at radius 3 is 2.33 bits per heavy atom. The number of halogens is 2. The highest BCUT2D eigenvalue weighted by atomic mass is 35.5. The van der Waals surface area contributed by atoms with Gasteiger partial charge in [0, 0.05) is 10.9 Å². The van der Waals surface area contributed by atoms with Crippen molar-refractivity contribution < 1.29 is 4.74 Å². The number of alkyl halides is 1. The summed E-state index contributed by atoms with van der Waals surface area (Å²) in [7, 11) is 0. The highest BCUT2D eigenvalue weighted by Crippen LogP contribution is 2.27. The van der Waals surface area contributed by atoms with Gasteiger partial charge in [-0.15, -0.1) is 11.6 Å². The van der Waals surface area contributed by atoms with Gasteiger partial charge in [-0.1, -0.05) is 18.2 Å². The van der Waals surface area contributed by atoms with Gasteiger partial charge in [0.15, 0.2) is 0 Å². The Kier molecular flexibility index (Phi) is 4.49. The molecule has 0 aromatic heterocycles. The molecule has 1 aromatic carbocycles. The van der Waals surface area contributed by atoms with E-state index >= 15 is 0 Å². The van der Waals surface area contributed by atoms with Crippen LogP contribution < -0.4 is 4.74 Å². The van der Waals surface area contributed by atoms with E-state index in [1.807, 2.05) is 26.0 Å².